The molecule has 100 valence electrons. The second-order valence-corrected chi connectivity index (χ2v) is 4.31. The van der Waals surface area contributed by atoms with Crippen LogP contribution < -0.4 is 5.63 Å². The van der Waals surface area contributed by atoms with Crippen molar-refractivity contribution in [3.8, 4) is 5.75 Å². The van der Waals surface area contributed by atoms with Crippen LogP contribution in [-0.2, 0) is 0 Å². The average molecular weight is 269 g/mol. The third-order valence-corrected chi connectivity index (χ3v) is 2.84. The SMILES string of the molecule is Cc1cc(O)c(C=Nc2ccc3nc[nH]c3c2)c(=O)o1. The van der Waals surface area contributed by atoms with Gasteiger partial charge >= 0.3 is 5.63 Å². The summed E-state index contributed by atoms with van der Waals surface area (Å²) in [6.07, 6.45) is 2.89. The zero-order valence-electron chi connectivity index (χ0n) is 10.6. The van der Waals surface area contributed by atoms with Gasteiger partial charge in [-0.2, -0.15) is 0 Å². The number of aliphatic imine (C=N–C) groups is 1. The lowest BCUT2D eigenvalue weighted by atomic mass is 10.2. The number of aromatic hydroxyl groups is 1. The van der Waals surface area contributed by atoms with Crippen molar-refractivity contribution in [3.63, 3.8) is 0 Å². The minimum absolute atomic E-state index is 0.0281. The number of nitrogens with one attached hydrogen (secondary N) is 1. The topological polar surface area (TPSA) is 91.5 Å². The molecule has 1 aromatic carbocycles. The maximum Gasteiger partial charge on any atom is 0.348 e. The Morgan fingerprint density at radius 1 is 1.40 bits per heavy atom. The van der Waals surface area contributed by atoms with E-state index in [1.54, 1.807) is 25.4 Å². The van der Waals surface area contributed by atoms with Gasteiger partial charge in [0.05, 0.1) is 23.0 Å². The smallest absolute Gasteiger partial charge is 0.348 e. The number of aromatic nitrogens is 2. The van der Waals surface area contributed by atoms with Crippen LogP contribution in [0.3, 0.4) is 0 Å². The zero-order valence-corrected chi connectivity index (χ0v) is 10.6. The summed E-state index contributed by atoms with van der Waals surface area (Å²) in [6.45, 7) is 1.59. The minimum atomic E-state index is -0.617. The van der Waals surface area contributed by atoms with Gasteiger partial charge in [-0.3, -0.25) is 4.99 Å². The van der Waals surface area contributed by atoms with E-state index >= 15 is 0 Å². The number of aryl methyl sites for hydroxylation is 1. The number of fused-ring (bicyclic) bond motifs is 1. The molecule has 3 rings (SSSR count). The Balaban J connectivity index is 1.99. The molecule has 2 aromatic heterocycles. The summed E-state index contributed by atoms with van der Waals surface area (Å²) in [5.74, 6) is 0.202. The molecule has 6 nitrogen and oxygen atoms in total. The molecule has 0 atom stereocenters. The highest BCUT2D eigenvalue weighted by Crippen LogP contribution is 2.19. The maximum atomic E-state index is 11.6. The maximum absolute atomic E-state index is 11.6. The molecule has 0 unspecified atom stereocenters. The Morgan fingerprint density at radius 3 is 3.05 bits per heavy atom. The average Bonchev–Trinajstić information content (AvgIpc) is 2.84. The van der Waals surface area contributed by atoms with Crippen LogP contribution in [0.15, 0.2) is 44.8 Å². The molecule has 20 heavy (non-hydrogen) atoms. The van der Waals surface area contributed by atoms with Crippen molar-refractivity contribution in [2.24, 2.45) is 4.99 Å². The predicted molar refractivity (Wildman–Crippen MR) is 74.7 cm³/mol. The largest absolute Gasteiger partial charge is 0.507 e. The Labute approximate surface area is 113 Å². The highest BCUT2D eigenvalue weighted by molar-refractivity contribution is 5.86. The molecule has 0 aliphatic heterocycles. The van der Waals surface area contributed by atoms with Crippen molar-refractivity contribution in [2.45, 2.75) is 6.92 Å². The van der Waals surface area contributed by atoms with Crippen molar-refractivity contribution in [1.82, 2.24) is 9.97 Å². The molecule has 2 heterocycles. The van der Waals surface area contributed by atoms with Gasteiger partial charge in [0.15, 0.2) is 0 Å². The standard InChI is InChI=1S/C14H11N3O3/c1-8-4-13(18)10(14(19)20-8)6-15-9-2-3-11-12(5-9)17-7-16-11/h2-7,18H,1H3,(H,16,17). The van der Waals surface area contributed by atoms with Crippen molar-refractivity contribution in [3.05, 3.63) is 52.3 Å². The number of imidazole rings is 1. The molecule has 0 radical (unpaired) electrons. The van der Waals surface area contributed by atoms with Crippen molar-refractivity contribution in [2.75, 3.05) is 0 Å². The molecule has 0 saturated heterocycles. The summed E-state index contributed by atoms with van der Waals surface area (Å²) in [5.41, 5.74) is 1.73. The van der Waals surface area contributed by atoms with Crippen LogP contribution in [0.2, 0.25) is 0 Å². The van der Waals surface area contributed by atoms with E-state index in [2.05, 4.69) is 15.0 Å². The fourth-order valence-corrected chi connectivity index (χ4v) is 1.87. The van der Waals surface area contributed by atoms with Gasteiger partial charge < -0.3 is 14.5 Å². The van der Waals surface area contributed by atoms with Crippen LogP contribution in [0.5, 0.6) is 5.75 Å². The quantitative estimate of drug-likeness (QED) is 0.698. The lowest BCUT2D eigenvalue weighted by molar-refractivity contribution is 0.433. The molecule has 0 bridgehead atoms. The lowest BCUT2D eigenvalue weighted by Crippen LogP contribution is -2.07. The molecule has 0 fully saturated rings. The molecular weight excluding hydrogens is 258 g/mol. The van der Waals surface area contributed by atoms with Gasteiger partial charge in [-0.05, 0) is 25.1 Å². The summed E-state index contributed by atoms with van der Waals surface area (Å²) in [5, 5.41) is 9.72. The number of H-pyrrole nitrogens is 1. The number of nitrogens with zero attached hydrogens (tertiary/aromatic N) is 2. The van der Waals surface area contributed by atoms with E-state index in [1.165, 1.54) is 12.3 Å². The van der Waals surface area contributed by atoms with Gasteiger partial charge in [-0.1, -0.05) is 0 Å². The number of rotatable bonds is 2. The van der Waals surface area contributed by atoms with Gasteiger partial charge in [0.1, 0.15) is 17.1 Å². The molecule has 0 spiro atoms. The third-order valence-electron chi connectivity index (χ3n) is 2.84. The number of aromatic amines is 1. The van der Waals surface area contributed by atoms with E-state index in [0.717, 1.165) is 11.0 Å². The van der Waals surface area contributed by atoms with Crippen LogP contribution in [0.4, 0.5) is 5.69 Å². The van der Waals surface area contributed by atoms with E-state index in [9.17, 15) is 9.90 Å². The van der Waals surface area contributed by atoms with E-state index < -0.39 is 5.63 Å². The first-order valence-electron chi connectivity index (χ1n) is 5.94. The van der Waals surface area contributed by atoms with E-state index in [4.69, 9.17) is 4.42 Å². The highest BCUT2D eigenvalue weighted by atomic mass is 16.4. The predicted octanol–water partition coefficient (Wildman–Crippen LogP) is 2.28. The monoisotopic (exact) mass is 269 g/mol. The molecule has 0 aliphatic carbocycles. The molecule has 0 aliphatic rings. The fraction of sp³-hybridized carbons (Fsp3) is 0.0714. The lowest BCUT2D eigenvalue weighted by Gasteiger charge is -1.98. The molecular formula is C14H11N3O3. The first-order chi connectivity index (χ1) is 9.63. The minimum Gasteiger partial charge on any atom is -0.507 e. The Morgan fingerprint density at radius 2 is 2.25 bits per heavy atom. The number of hydrogen-bond acceptors (Lipinski definition) is 5. The van der Waals surface area contributed by atoms with Gasteiger partial charge in [-0.15, -0.1) is 0 Å². The van der Waals surface area contributed by atoms with E-state index in [1.807, 2.05) is 6.07 Å². The molecule has 2 N–H and O–H groups in total. The van der Waals surface area contributed by atoms with E-state index in [0.29, 0.717) is 11.4 Å². The second kappa shape index (κ2) is 4.65. The van der Waals surface area contributed by atoms with Gasteiger partial charge in [0.2, 0.25) is 0 Å². The van der Waals surface area contributed by atoms with Crippen LogP contribution in [-0.4, -0.2) is 21.3 Å². The number of hydrogen-bond donors (Lipinski definition) is 2. The highest BCUT2D eigenvalue weighted by Gasteiger charge is 2.07. The molecule has 0 saturated carbocycles. The normalized spacial score (nSPS) is 11.4. The van der Waals surface area contributed by atoms with Crippen molar-refractivity contribution >= 4 is 22.9 Å². The van der Waals surface area contributed by atoms with Gasteiger partial charge in [-0.25, -0.2) is 9.78 Å². The fourth-order valence-electron chi connectivity index (χ4n) is 1.87. The molecule has 6 heteroatoms. The second-order valence-electron chi connectivity index (χ2n) is 4.31. The Bertz CT molecular complexity index is 861. The summed E-state index contributed by atoms with van der Waals surface area (Å²) in [6, 6.07) is 6.76. The Hall–Kier alpha value is -2.89. The van der Waals surface area contributed by atoms with Crippen molar-refractivity contribution in [1.29, 1.82) is 0 Å². The van der Waals surface area contributed by atoms with Crippen LogP contribution in [0.25, 0.3) is 11.0 Å². The van der Waals surface area contributed by atoms with Crippen molar-refractivity contribution < 1.29 is 9.52 Å². The van der Waals surface area contributed by atoms with E-state index in [-0.39, 0.29) is 11.3 Å². The Kier molecular flexibility index (Phi) is 2.83. The summed E-state index contributed by atoms with van der Waals surface area (Å²) >= 11 is 0. The van der Waals surface area contributed by atoms with Crippen LogP contribution >= 0.6 is 0 Å². The first-order valence-corrected chi connectivity index (χ1v) is 5.94. The third kappa shape index (κ3) is 2.18. The first kappa shape index (κ1) is 12.2. The zero-order chi connectivity index (χ0) is 14.1. The number of benzene rings is 1. The van der Waals surface area contributed by atoms with Gasteiger partial charge in [0.25, 0.3) is 0 Å². The molecule has 3 aromatic rings. The van der Waals surface area contributed by atoms with Crippen LogP contribution in [0.1, 0.15) is 11.3 Å². The van der Waals surface area contributed by atoms with Gasteiger partial charge in [0, 0.05) is 12.3 Å². The summed E-state index contributed by atoms with van der Waals surface area (Å²) in [4.78, 5) is 22.9. The van der Waals surface area contributed by atoms with Crippen LogP contribution in [0, 0.1) is 6.92 Å². The molecule has 0 amide bonds. The summed E-state index contributed by atoms with van der Waals surface area (Å²) < 4.78 is 4.91. The summed E-state index contributed by atoms with van der Waals surface area (Å²) in [7, 11) is 0.